The maximum absolute atomic E-state index is 12.0. The van der Waals surface area contributed by atoms with E-state index in [0.717, 1.165) is 4.31 Å². The Morgan fingerprint density at radius 3 is 2.90 bits per heavy atom. The summed E-state index contributed by atoms with van der Waals surface area (Å²) in [5.74, 6) is 0.0443. The van der Waals surface area contributed by atoms with E-state index < -0.39 is 16.2 Å². The molecule has 1 aromatic rings. The van der Waals surface area contributed by atoms with Crippen molar-refractivity contribution >= 4 is 16.2 Å². The van der Waals surface area contributed by atoms with Crippen molar-refractivity contribution < 1.29 is 27.8 Å². The Hall–Kier alpha value is -1.84. The van der Waals surface area contributed by atoms with Crippen molar-refractivity contribution in [3.63, 3.8) is 0 Å². The van der Waals surface area contributed by atoms with Crippen molar-refractivity contribution in [3.05, 3.63) is 23.8 Å². The molecule has 0 saturated carbocycles. The SMILES string of the molecule is CN(CCC(=O)O)S(=O)(=O)NCc1cccc2c1OCO2. The van der Waals surface area contributed by atoms with Crippen LogP contribution < -0.4 is 14.2 Å². The second-order valence-electron chi connectivity index (χ2n) is 4.44. The fraction of sp³-hybridized carbons (Fsp3) is 0.417. The molecular weight excluding hydrogens is 300 g/mol. The summed E-state index contributed by atoms with van der Waals surface area (Å²) in [6, 6.07) is 5.21. The Morgan fingerprint density at radius 1 is 1.43 bits per heavy atom. The predicted molar refractivity (Wildman–Crippen MR) is 73.2 cm³/mol. The molecule has 0 aromatic heterocycles. The highest BCUT2D eigenvalue weighted by Crippen LogP contribution is 2.35. The first kappa shape index (κ1) is 15.5. The van der Waals surface area contributed by atoms with Crippen LogP contribution >= 0.6 is 0 Å². The molecule has 0 bridgehead atoms. The molecule has 0 unspecified atom stereocenters. The first-order valence-electron chi connectivity index (χ1n) is 6.20. The topological polar surface area (TPSA) is 105 Å². The molecule has 1 aliphatic rings. The van der Waals surface area contributed by atoms with Crippen molar-refractivity contribution in [1.29, 1.82) is 0 Å². The molecule has 0 spiro atoms. The Labute approximate surface area is 122 Å². The summed E-state index contributed by atoms with van der Waals surface area (Å²) >= 11 is 0. The van der Waals surface area contributed by atoms with E-state index in [1.165, 1.54) is 7.05 Å². The Morgan fingerprint density at radius 2 is 2.19 bits per heavy atom. The van der Waals surface area contributed by atoms with Gasteiger partial charge in [-0.15, -0.1) is 0 Å². The first-order valence-corrected chi connectivity index (χ1v) is 7.64. The summed E-state index contributed by atoms with van der Waals surface area (Å²) in [7, 11) is -2.43. The highest BCUT2D eigenvalue weighted by molar-refractivity contribution is 7.87. The number of carboxylic acids is 1. The molecule has 0 aliphatic carbocycles. The smallest absolute Gasteiger partial charge is 0.304 e. The largest absolute Gasteiger partial charge is 0.481 e. The van der Waals surface area contributed by atoms with E-state index in [1.54, 1.807) is 18.2 Å². The predicted octanol–water partition coefficient (Wildman–Crippen LogP) is 0.156. The summed E-state index contributed by atoms with van der Waals surface area (Å²) < 4.78 is 37.8. The number of aliphatic carboxylic acids is 1. The van der Waals surface area contributed by atoms with Gasteiger partial charge in [-0.05, 0) is 6.07 Å². The van der Waals surface area contributed by atoms with Gasteiger partial charge in [0, 0.05) is 25.7 Å². The average molecular weight is 316 g/mol. The van der Waals surface area contributed by atoms with Crippen LogP contribution in [0.3, 0.4) is 0 Å². The van der Waals surface area contributed by atoms with E-state index in [4.69, 9.17) is 14.6 Å². The lowest BCUT2D eigenvalue weighted by molar-refractivity contribution is -0.137. The van der Waals surface area contributed by atoms with Gasteiger partial charge in [0.1, 0.15) is 0 Å². The van der Waals surface area contributed by atoms with Gasteiger partial charge in [0.15, 0.2) is 11.5 Å². The third kappa shape index (κ3) is 3.84. The van der Waals surface area contributed by atoms with Crippen molar-refractivity contribution in [2.75, 3.05) is 20.4 Å². The average Bonchev–Trinajstić information content (AvgIpc) is 2.91. The normalized spacial score (nSPS) is 13.6. The van der Waals surface area contributed by atoms with Gasteiger partial charge in [0.2, 0.25) is 6.79 Å². The maximum atomic E-state index is 12.0. The Kier molecular flexibility index (Phi) is 4.66. The van der Waals surface area contributed by atoms with Crippen LogP contribution in [0.4, 0.5) is 0 Å². The molecule has 2 N–H and O–H groups in total. The molecule has 0 saturated heterocycles. The van der Waals surface area contributed by atoms with Crippen LogP contribution in [0.25, 0.3) is 0 Å². The number of carbonyl (C=O) groups is 1. The Balaban J connectivity index is 1.99. The minimum Gasteiger partial charge on any atom is -0.481 e. The lowest BCUT2D eigenvalue weighted by Gasteiger charge is -2.17. The lowest BCUT2D eigenvalue weighted by Crippen LogP contribution is -2.38. The van der Waals surface area contributed by atoms with Gasteiger partial charge >= 0.3 is 5.97 Å². The number of para-hydroxylation sites is 1. The summed E-state index contributed by atoms with van der Waals surface area (Å²) in [6.45, 7) is 0.0427. The minimum atomic E-state index is -3.75. The molecule has 21 heavy (non-hydrogen) atoms. The molecule has 116 valence electrons. The van der Waals surface area contributed by atoms with Crippen LogP contribution in [0.2, 0.25) is 0 Å². The lowest BCUT2D eigenvalue weighted by atomic mass is 10.2. The molecule has 8 nitrogen and oxygen atoms in total. The number of nitrogens with zero attached hydrogens (tertiary/aromatic N) is 1. The minimum absolute atomic E-state index is 0.0340. The second-order valence-corrected chi connectivity index (χ2v) is 6.30. The van der Waals surface area contributed by atoms with Crippen LogP contribution in [0, 0.1) is 0 Å². The first-order chi connectivity index (χ1) is 9.90. The van der Waals surface area contributed by atoms with Crippen LogP contribution in [0.15, 0.2) is 18.2 Å². The molecule has 1 heterocycles. The number of fused-ring (bicyclic) bond motifs is 1. The van der Waals surface area contributed by atoms with E-state index in [1.807, 2.05) is 0 Å². The molecule has 0 amide bonds. The fourth-order valence-corrected chi connectivity index (χ4v) is 2.67. The number of hydrogen-bond donors (Lipinski definition) is 2. The van der Waals surface area contributed by atoms with Gasteiger partial charge in [-0.25, -0.2) is 0 Å². The van der Waals surface area contributed by atoms with Crippen LogP contribution in [0.1, 0.15) is 12.0 Å². The zero-order chi connectivity index (χ0) is 15.5. The van der Waals surface area contributed by atoms with E-state index in [-0.39, 0.29) is 26.3 Å². The quantitative estimate of drug-likeness (QED) is 0.742. The molecular formula is C12H16N2O6S. The molecule has 0 radical (unpaired) electrons. The highest BCUT2D eigenvalue weighted by atomic mass is 32.2. The highest BCUT2D eigenvalue weighted by Gasteiger charge is 2.21. The molecule has 0 fully saturated rings. The monoisotopic (exact) mass is 316 g/mol. The third-order valence-corrected chi connectivity index (χ3v) is 4.49. The number of benzene rings is 1. The van der Waals surface area contributed by atoms with Gasteiger partial charge in [0.05, 0.1) is 6.42 Å². The van der Waals surface area contributed by atoms with Crippen molar-refractivity contribution in [3.8, 4) is 11.5 Å². The van der Waals surface area contributed by atoms with E-state index in [0.29, 0.717) is 17.1 Å². The Bertz CT molecular complexity index is 631. The number of rotatable bonds is 7. The van der Waals surface area contributed by atoms with Gasteiger partial charge in [-0.3, -0.25) is 4.79 Å². The van der Waals surface area contributed by atoms with Gasteiger partial charge in [-0.1, -0.05) is 12.1 Å². The molecule has 1 aliphatic heterocycles. The van der Waals surface area contributed by atoms with E-state index in [9.17, 15) is 13.2 Å². The van der Waals surface area contributed by atoms with Crippen LogP contribution in [-0.4, -0.2) is 44.2 Å². The maximum Gasteiger partial charge on any atom is 0.304 e. The zero-order valence-electron chi connectivity index (χ0n) is 11.4. The number of hydrogen-bond acceptors (Lipinski definition) is 5. The molecule has 9 heteroatoms. The van der Waals surface area contributed by atoms with Crippen LogP contribution in [0.5, 0.6) is 11.5 Å². The van der Waals surface area contributed by atoms with Gasteiger partial charge in [-0.2, -0.15) is 17.4 Å². The molecule has 2 rings (SSSR count). The summed E-state index contributed by atoms with van der Waals surface area (Å²) in [5, 5.41) is 8.57. The van der Waals surface area contributed by atoms with Crippen molar-refractivity contribution in [2.45, 2.75) is 13.0 Å². The summed E-state index contributed by atoms with van der Waals surface area (Å²) in [4.78, 5) is 10.5. The van der Waals surface area contributed by atoms with E-state index in [2.05, 4.69) is 4.72 Å². The van der Waals surface area contributed by atoms with E-state index >= 15 is 0 Å². The summed E-state index contributed by atoms with van der Waals surface area (Å²) in [5.41, 5.74) is 0.653. The zero-order valence-corrected chi connectivity index (χ0v) is 12.2. The fourth-order valence-electron chi connectivity index (χ4n) is 1.78. The molecule has 0 atom stereocenters. The number of carboxylic acid groups (broad SMARTS) is 1. The van der Waals surface area contributed by atoms with Crippen molar-refractivity contribution in [1.82, 2.24) is 9.03 Å². The summed E-state index contributed by atoms with van der Waals surface area (Å²) in [6.07, 6.45) is -0.255. The third-order valence-electron chi connectivity index (χ3n) is 2.97. The standard InChI is InChI=1S/C12H16N2O6S/c1-14(6-5-11(15)16)21(17,18)13-7-9-3-2-4-10-12(9)20-8-19-10/h2-4,13H,5-8H2,1H3,(H,15,16). The number of ether oxygens (including phenoxy) is 2. The van der Waals surface area contributed by atoms with Crippen molar-refractivity contribution in [2.24, 2.45) is 0 Å². The second kappa shape index (κ2) is 6.29. The van der Waals surface area contributed by atoms with Gasteiger partial charge < -0.3 is 14.6 Å². The number of nitrogens with one attached hydrogen (secondary N) is 1. The van der Waals surface area contributed by atoms with Gasteiger partial charge in [0.25, 0.3) is 10.2 Å². The van der Waals surface area contributed by atoms with Crippen LogP contribution in [-0.2, 0) is 21.5 Å². The molecule has 1 aromatic carbocycles.